The second-order valence-corrected chi connectivity index (χ2v) is 10.2. The predicted octanol–water partition coefficient (Wildman–Crippen LogP) is 5.50. The van der Waals surface area contributed by atoms with Crippen molar-refractivity contribution in [1.82, 2.24) is 0 Å². The summed E-state index contributed by atoms with van der Waals surface area (Å²) in [7, 11) is 3.15. The molecule has 1 fully saturated rings. The van der Waals surface area contributed by atoms with Gasteiger partial charge in [0.15, 0.2) is 12.8 Å². The van der Waals surface area contributed by atoms with Gasteiger partial charge in [-0.25, -0.2) is 4.79 Å². The highest BCUT2D eigenvalue weighted by Gasteiger charge is 2.41. The molecule has 0 aromatic heterocycles. The topological polar surface area (TPSA) is 116 Å². The molecule has 2 N–H and O–H groups in total. The lowest BCUT2D eigenvalue weighted by atomic mass is 9.80. The fourth-order valence-corrected chi connectivity index (χ4v) is 4.91. The molecule has 0 radical (unpaired) electrons. The third-order valence-corrected chi connectivity index (χ3v) is 7.19. The van der Waals surface area contributed by atoms with Crippen LogP contribution in [-0.2, 0) is 24.6 Å². The normalized spacial score (nSPS) is 19.3. The van der Waals surface area contributed by atoms with Gasteiger partial charge >= 0.3 is 12.1 Å². The number of hydrogen-bond acceptors (Lipinski definition) is 9. The molecule has 9 nitrogen and oxygen atoms in total. The summed E-state index contributed by atoms with van der Waals surface area (Å²) in [5.41, 5.74) is 0.600. The maximum Gasteiger partial charge on any atom is 0.422 e. The predicted molar refractivity (Wildman–Crippen MR) is 158 cm³/mol. The molecule has 1 saturated heterocycles. The Hall–Kier alpha value is -4.39. The Morgan fingerprint density at radius 2 is 1.47 bits per heavy atom. The van der Waals surface area contributed by atoms with E-state index in [0.29, 0.717) is 11.5 Å². The fraction of sp³-hybridized carbons (Fsp3) is 0.333. The van der Waals surface area contributed by atoms with Gasteiger partial charge in [-0.1, -0.05) is 54.6 Å². The highest BCUT2D eigenvalue weighted by Crippen LogP contribution is 2.42. The van der Waals surface area contributed by atoms with Crippen LogP contribution in [0.25, 0.3) is 0 Å². The summed E-state index contributed by atoms with van der Waals surface area (Å²) < 4.78 is 65.1. The number of hydrogen-bond donors (Lipinski definition) is 2. The summed E-state index contributed by atoms with van der Waals surface area (Å²) in [5.74, 6) is -0.684. The van der Waals surface area contributed by atoms with E-state index in [4.69, 9.17) is 18.9 Å². The zero-order chi connectivity index (χ0) is 32.6. The van der Waals surface area contributed by atoms with E-state index in [1.807, 2.05) is 78.9 Å². The number of aliphatic imine (C=N–C) groups is 1. The van der Waals surface area contributed by atoms with E-state index < -0.39 is 54.1 Å². The van der Waals surface area contributed by atoms with Crippen LogP contribution in [0.1, 0.15) is 30.0 Å². The van der Waals surface area contributed by atoms with Crippen molar-refractivity contribution < 1.29 is 51.9 Å². The van der Waals surface area contributed by atoms with Crippen molar-refractivity contribution >= 4 is 12.2 Å². The van der Waals surface area contributed by atoms with Crippen LogP contribution in [0.5, 0.6) is 11.5 Å². The molecule has 4 rings (SSSR count). The molecule has 0 spiro atoms. The lowest BCUT2D eigenvalue weighted by Gasteiger charge is -2.37. The van der Waals surface area contributed by atoms with Crippen molar-refractivity contribution in [2.75, 3.05) is 27.4 Å². The minimum absolute atomic E-state index is 0.00326. The lowest BCUT2D eigenvalue weighted by molar-refractivity contribution is -0.183. The smallest absolute Gasteiger partial charge is 0.422 e. The van der Waals surface area contributed by atoms with Gasteiger partial charge in [-0.05, 0) is 47.9 Å². The number of esters is 1. The standard InChI is InChI=1S/C33H34F3NO8/c1-21(38)27(31(40)43-20-32(34,35)36)18-37-30-17-28(39)29(45-30)19-44-33(22-7-5-4-6-8-22,23-9-13-25(41-2)14-10-23)24-11-15-26(42-3)16-12-24/h4-16,18,28-30,38-39H,17,19-20H2,1-3H3/b27-21-,37-18+. The van der Waals surface area contributed by atoms with Crippen molar-refractivity contribution in [2.24, 2.45) is 4.99 Å². The number of methoxy groups -OCH3 is 2. The van der Waals surface area contributed by atoms with E-state index in [9.17, 15) is 28.2 Å². The van der Waals surface area contributed by atoms with Crippen molar-refractivity contribution in [2.45, 2.75) is 43.6 Å². The Balaban J connectivity index is 1.61. The first kappa shape index (κ1) is 33.5. The molecule has 3 aromatic rings. The number of benzene rings is 3. The van der Waals surface area contributed by atoms with Crippen LogP contribution < -0.4 is 9.47 Å². The lowest BCUT2D eigenvalue weighted by Crippen LogP contribution is -2.38. The molecule has 3 aromatic carbocycles. The van der Waals surface area contributed by atoms with Gasteiger partial charge in [-0.3, -0.25) is 4.99 Å². The Morgan fingerprint density at radius 3 is 1.96 bits per heavy atom. The maximum atomic E-state index is 12.5. The summed E-state index contributed by atoms with van der Waals surface area (Å²) >= 11 is 0. The highest BCUT2D eigenvalue weighted by molar-refractivity contribution is 6.09. The van der Waals surface area contributed by atoms with Crippen molar-refractivity contribution in [3.05, 3.63) is 107 Å². The Labute approximate surface area is 258 Å². The maximum absolute atomic E-state index is 12.5. The van der Waals surface area contributed by atoms with Gasteiger partial charge in [0.2, 0.25) is 0 Å². The molecular formula is C33H34F3NO8. The summed E-state index contributed by atoms with van der Waals surface area (Å²) in [4.78, 5) is 16.2. The minimum atomic E-state index is -4.74. The molecule has 1 heterocycles. The average molecular weight is 630 g/mol. The minimum Gasteiger partial charge on any atom is -0.512 e. The number of aliphatic hydroxyl groups excluding tert-OH is 2. The Morgan fingerprint density at radius 1 is 0.933 bits per heavy atom. The monoisotopic (exact) mass is 629 g/mol. The van der Waals surface area contributed by atoms with E-state index in [2.05, 4.69) is 9.73 Å². The molecule has 1 aliphatic rings. The van der Waals surface area contributed by atoms with E-state index in [1.54, 1.807) is 14.2 Å². The summed E-state index contributed by atoms with van der Waals surface area (Å²) in [6.07, 6.45) is -6.74. The molecule has 3 atom stereocenters. The van der Waals surface area contributed by atoms with E-state index >= 15 is 0 Å². The molecular weight excluding hydrogens is 595 g/mol. The van der Waals surface area contributed by atoms with Gasteiger partial charge in [0.05, 0.1) is 26.9 Å². The van der Waals surface area contributed by atoms with Crippen LogP contribution in [0.15, 0.2) is 95.2 Å². The van der Waals surface area contributed by atoms with Gasteiger partial charge in [-0.2, -0.15) is 13.2 Å². The number of nitrogens with zero attached hydrogens (tertiary/aromatic N) is 1. The van der Waals surface area contributed by atoms with Gasteiger partial charge in [0.25, 0.3) is 0 Å². The zero-order valence-electron chi connectivity index (χ0n) is 24.9. The van der Waals surface area contributed by atoms with Crippen molar-refractivity contribution in [1.29, 1.82) is 0 Å². The molecule has 0 saturated carbocycles. The number of ether oxygens (including phenoxy) is 5. The quantitative estimate of drug-likeness (QED) is 0.0888. The first-order valence-corrected chi connectivity index (χ1v) is 14.0. The second kappa shape index (κ2) is 14.6. The number of alkyl halides is 3. The third kappa shape index (κ3) is 8.21. The highest BCUT2D eigenvalue weighted by atomic mass is 19.4. The number of carbonyl (C=O) groups excluding carboxylic acids is 1. The SMILES string of the molecule is COc1ccc(C(OCC2OC(/N=C/C(C(=O)OCC(F)(F)F)=C(\C)O)CC2O)(c2ccccc2)c2ccc(OC)cc2)cc1. The van der Waals surface area contributed by atoms with Crippen LogP contribution >= 0.6 is 0 Å². The largest absolute Gasteiger partial charge is 0.512 e. The molecule has 0 amide bonds. The van der Waals surface area contributed by atoms with Gasteiger partial charge in [0, 0.05) is 12.6 Å². The second-order valence-electron chi connectivity index (χ2n) is 10.2. The van der Waals surface area contributed by atoms with Crippen LogP contribution in [-0.4, -0.2) is 74.4 Å². The fourth-order valence-electron chi connectivity index (χ4n) is 4.91. The molecule has 240 valence electrons. The van der Waals surface area contributed by atoms with Gasteiger partial charge in [-0.15, -0.1) is 0 Å². The first-order chi connectivity index (χ1) is 21.5. The van der Waals surface area contributed by atoms with Crippen LogP contribution in [0, 0.1) is 0 Å². The summed E-state index contributed by atoms with van der Waals surface area (Å²) in [6.45, 7) is -0.811. The molecule has 3 unspecified atom stereocenters. The van der Waals surface area contributed by atoms with Gasteiger partial charge < -0.3 is 33.9 Å². The molecule has 1 aliphatic heterocycles. The molecule has 0 aliphatic carbocycles. The molecule has 0 bridgehead atoms. The van der Waals surface area contributed by atoms with E-state index in [0.717, 1.165) is 29.8 Å². The first-order valence-electron chi connectivity index (χ1n) is 14.0. The van der Waals surface area contributed by atoms with Crippen LogP contribution in [0.4, 0.5) is 13.2 Å². The number of carbonyl (C=O) groups is 1. The summed E-state index contributed by atoms with van der Waals surface area (Å²) in [6, 6.07) is 24.3. The van der Waals surface area contributed by atoms with Crippen molar-refractivity contribution in [3.8, 4) is 11.5 Å². The average Bonchev–Trinajstić information content (AvgIpc) is 3.39. The number of rotatable bonds is 12. The molecule has 45 heavy (non-hydrogen) atoms. The van der Waals surface area contributed by atoms with E-state index in [-0.39, 0.29) is 13.0 Å². The van der Waals surface area contributed by atoms with Crippen LogP contribution in [0.2, 0.25) is 0 Å². The zero-order valence-corrected chi connectivity index (χ0v) is 24.9. The van der Waals surface area contributed by atoms with Gasteiger partial charge in [0.1, 0.15) is 34.5 Å². The number of aliphatic hydroxyl groups is 2. The Kier molecular flexibility index (Phi) is 10.9. The van der Waals surface area contributed by atoms with E-state index in [1.165, 1.54) is 0 Å². The number of allylic oxidation sites excluding steroid dienone is 1. The number of halogens is 3. The third-order valence-electron chi connectivity index (χ3n) is 7.19. The molecule has 12 heteroatoms. The van der Waals surface area contributed by atoms with Crippen LogP contribution in [0.3, 0.4) is 0 Å². The summed E-state index contributed by atoms with van der Waals surface area (Å²) in [5, 5.41) is 20.7. The van der Waals surface area contributed by atoms with Crippen molar-refractivity contribution in [3.63, 3.8) is 0 Å². The Bertz CT molecular complexity index is 1420.